The van der Waals surface area contributed by atoms with E-state index in [0.29, 0.717) is 5.92 Å². The van der Waals surface area contributed by atoms with E-state index in [1.807, 2.05) is 35.1 Å². The molecular weight excluding hydrogens is 581 g/mol. The van der Waals surface area contributed by atoms with Gasteiger partial charge in [-0.05, 0) is 45.5 Å². The van der Waals surface area contributed by atoms with E-state index in [1.165, 1.54) is 33.4 Å². The van der Waals surface area contributed by atoms with Gasteiger partial charge in [-0.15, -0.1) is 6.07 Å². The standard InChI is InChI=1S/C30H25N2.Ir/c1-22(2)25-20-27(23-12-6-3-7-13-23)30(28(21-25)24-14-8-4-9-15-24)29-18-19-31-32(29)26-16-10-5-11-17-26;/h3-16,18-22H,1-2H3;/q-1;. The molecule has 0 atom stereocenters. The number of rotatable bonds is 5. The minimum Gasteiger partial charge on any atom is -0.258 e. The van der Waals surface area contributed by atoms with E-state index in [1.54, 1.807) is 0 Å². The summed E-state index contributed by atoms with van der Waals surface area (Å²) in [6.07, 6.45) is 1.87. The summed E-state index contributed by atoms with van der Waals surface area (Å²) in [5.74, 6) is 0.418. The molecule has 0 saturated carbocycles. The fourth-order valence-electron chi connectivity index (χ4n) is 4.16. The monoisotopic (exact) mass is 606 g/mol. The summed E-state index contributed by atoms with van der Waals surface area (Å²) < 4.78 is 1.99. The predicted octanol–water partition coefficient (Wildman–Crippen LogP) is 7.79. The SMILES string of the molecule is CC(C)c1cc(-c2ccccc2)c(-c2ccnn2-c2[c-]cccc2)c(-c2ccccc2)c1.[Ir]. The summed E-state index contributed by atoms with van der Waals surface area (Å²) in [4.78, 5) is 0. The quantitative estimate of drug-likeness (QED) is 0.187. The molecule has 1 radical (unpaired) electrons. The van der Waals surface area contributed by atoms with Gasteiger partial charge < -0.3 is 0 Å². The molecule has 165 valence electrons. The molecule has 4 aromatic carbocycles. The van der Waals surface area contributed by atoms with E-state index in [-0.39, 0.29) is 20.1 Å². The Kier molecular flexibility index (Phi) is 7.03. The van der Waals surface area contributed by atoms with Crippen LogP contribution in [0.15, 0.2) is 109 Å². The van der Waals surface area contributed by atoms with Crippen molar-refractivity contribution in [3.8, 4) is 39.2 Å². The number of benzene rings is 4. The Hall–Kier alpha value is -3.26. The van der Waals surface area contributed by atoms with E-state index < -0.39 is 0 Å². The van der Waals surface area contributed by atoms with Gasteiger partial charge in [0.25, 0.3) is 0 Å². The van der Waals surface area contributed by atoms with Crippen LogP contribution in [0.3, 0.4) is 0 Å². The minimum absolute atomic E-state index is 0. The van der Waals surface area contributed by atoms with Crippen LogP contribution >= 0.6 is 0 Å². The number of hydrogen-bond acceptors (Lipinski definition) is 1. The van der Waals surface area contributed by atoms with Crippen LogP contribution in [0, 0.1) is 6.07 Å². The fraction of sp³-hybridized carbons (Fsp3) is 0.100. The maximum atomic E-state index is 4.68. The van der Waals surface area contributed by atoms with Crippen LogP contribution in [0.4, 0.5) is 0 Å². The third-order valence-electron chi connectivity index (χ3n) is 5.82. The molecule has 1 aromatic heterocycles. The molecule has 0 aliphatic heterocycles. The van der Waals surface area contributed by atoms with Crippen molar-refractivity contribution >= 4 is 0 Å². The first kappa shape index (κ1) is 22.9. The van der Waals surface area contributed by atoms with Gasteiger partial charge in [-0.2, -0.15) is 29.4 Å². The van der Waals surface area contributed by atoms with Crippen LogP contribution in [-0.2, 0) is 20.1 Å². The summed E-state index contributed by atoms with van der Waals surface area (Å²) in [7, 11) is 0. The van der Waals surface area contributed by atoms with Crippen molar-refractivity contribution in [1.29, 1.82) is 0 Å². The van der Waals surface area contributed by atoms with E-state index in [0.717, 1.165) is 11.4 Å². The minimum atomic E-state index is 0. The molecule has 3 heteroatoms. The Labute approximate surface area is 209 Å². The van der Waals surface area contributed by atoms with E-state index in [2.05, 4.69) is 104 Å². The van der Waals surface area contributed by atoms with Crippen molar-refractivity contribution in [2.45, 2.75) is 19.8 Å². The van der Waals surface area contributed by atoms with Gasteiger partial charge in [-0.1, -0.05) is 86.6 Å². The zero-order valence-electron chi connectivity index (χ0n) is 18.7. The summed E-state index contributed by atoms with van der Waals surface area (Å²) in [5, 5.41) is 4.68. The molecule has 0 N–H and O–H groups in total. The molecule has 33 heavy (non-hydrogen) atoms. The van der Waals surface area contributed by atoms with Crippen molar-refractivity contribution < 1.29 is 20.1 Å². The molecule has 1 heterocycles. The molecule has 0 amide bonds. The van der Waals surface area contributed by atoms with Crippen LogP contribution < -0.4 is 0 Å². The fourth-order valence-corrected chi connectivity index (χ4v) is 4.16. The number of hydrogen-bond donors (Lipinski definition) is 0. The maximum absolute atomic E-state index is 4.68. The van der Waals surface area contributed by atoms with Gasteiger partial charge >= 0.3 is 0 Å². The van der Waals surface area contributed by atoms with Crippen LogP contribution in [0.1, 0.15) is 25.3 Å². The van der Waals surface area contributed by atoms with Gasteiger partial charge in [0.2, 0.25) is 0 Å². The summed E-state index contributed by atoms with van der Waals surface area (Å²) in [6.45, 7) is 4.50. The van der Waals surface area contributed by atoms with Gasteiger partial charge in [-0.25, -0.2) is 0 Å². The Bertz CT molecular complexity index is 1260. The van der Waals surface area contributed by atoms with E-state index in [4.69, 9.17) is 0 Å². The third kappa shape index (κ3) is 4.61. The first-order valence-electron chi connectivity index (χ1n) is 11.0. The van der Waals surface area contributed by atoms with Gasteiger partial charge in [0.1, 0.15) is 0 Å². The number of aromatic nitrogens is 2. The largest absolute Gasteiger partial charge is 0.258 e. The second-order valence-corrected chi connectivity index (χ2v) is 8.25. The molecule has 5 aromatic rings. The Balaban J connectivity index is 0.00000259. The van der Waals surface area contributed by atoms with E-state index >= 15 is 0 Å². The first-order valence-corrected chi connectivity index (χ1v) is 11.0. The average molecular weight is 606 g/mol. The molecule has 5 rings (SSSR count). The van der Waals surface area contributed by atoms with Crippen LogP contribution in [-0.4, -0.2) is 9.78 Å². The van der Waals surface area contributed by atoms with Crippen molar-refractivity contribution in [2.75, 3.05) is 0 Å². The van der Waals surface area contributed by atoms with Gasteiger partial charge in [0, 0.05) is 31.9 Å². The van der Waals surface area contributed by atoms with Crippen molar-refractivity contribution in [3.05, 3.63) is 121 Å². The second-order valence-electron chi connectivity index (χ2n) is 8.25. The summed E-state index contributed by atoms with van der Waals surface area (Å²) >= 11 is 0. The Morgan fingerprint density at radius 1 is 0.727 bits per heavy atom. The van der Waals surface area contributed by atoms with E-state index in [9.17, 15) is 0 Å². The molecule has 2 nitrogen and oxygen atoms in total. The average Bonchev–Trinajstić information content (AvgIpc) is 3.34. The van der Waals surface area contributed by atoms with Crippen LogP contribution in [0.25, 0.3) is 39.2 Å². The van der Waals surface area contributed by atoms with Gasteiger partial charge in [0.15, 0.2) is 0 Å². The van der Waals surface area contributed by atoms with Crippen LogP contribution in [0.5, 0.6) is 0 Å². The smallest absolute Gasteiger partial charge is 0.0728 e. The zero-order chi connectivity index (χ0) is 21.9. The third-order valence-corrected chi connectivity index (χ3v) is 5.82. The molecular formula is C30H25IrN2-. The molecule has 0 fully saturated rings. The molecule has 0 spiro atoms. The van der Waals surface area contributed by atoms with Gasteiger partial charge in [0.05, 0.1) is 5.69 Å². The second kappa shape index (κ2) is 10.1. The first-order chi connectivity index (χ1) is 15.7. The van der Waals surface area contributed by atoms with Crippen molar-refractivity contribution in [2.24, 2.45) is 0 Å². The maximum Gasteiger partial charge on any atom is 0.0728 e. The zero-order valence-corrected chi connectivity index (χ0v) is 21.1. The molecule has 0 unspecified atom stereocenters. The Morgan fingerprint density at radius 3 is 1.82 bits per heavy atom. The Morgan fingerprint density at radius 2 is 1.30 bits per heavy atom. The summed E-state index contributed by atoms with van der Waals surface area (Å²) in [6, 6.07) is 39.4. The summed E-state index contributed by atoms with van der Waals surface area (Å²) in [5.41, 5.74) is 9.32. The normalized spacial score (nSPS) is 10.8. The molecule has 0 bridgehead atoms. The topological polar surface area (TPSA) is 17.8 Å². The van der Waals surface area contributed by atoms with Crippen molar-refractivity contribution in [1.82, 2.24) is 9.78 Å². The van der Waals surface area contributed by atoms with Gasteiger partial charge in [-0.3, -0.25) is 4.68 Å². The van der Waals surface area contributed by atoms with Crippen molar-refractivity contribution in [3.63, 3.8) is 0 Å². The molecule has 0 aliphatic rings. The van der Waals surface area contributed by atoms with Crippen LogP contribution in [0.2, 0.25) is 0 Å². The predicted molar refractivity (Wildman–Crippen MR) is 133 cm³/mol. The number of para-hydroxylation sites is 1. The number of nitrogens with zero attached hydrogens (tertiary/aromatic N) is 2. The molecule has 0 saturated heterocycles. The molecule has 0 aliphatic carbocycles.